The largest absolute Gasteiger partial charge is 0.465 e. The summed E-state index contributed by atoms with van der Waals surface area (Å²) >= 11 is 4.80. The molecule has 1 unspecified atom stereocenters. The molecule has 4 rings (SSSR count). The number of ether oxygens (including phenoxy) is 1. The van der Waals surface area contributed by atoms with Gasteiger partial charge in [0.15, 0.2) is 0 Å². The number of amidine groups is 1. The zero-order valence-corrected chi connectivity index (χ0v) is 24.0. The van der Waals surface area contributed by atoms with Gasteiger partial charge in [-0.05, 0) is 90.0 Å². The van der Waals surface area contributed by atoms with Crippen LogP contribution in [0.25, 0.3) is 10.6 Å². The van der Waals surface area contributed by atoms with Gasteiger partial charge in [-0.3, -0.25) is 4.99 Å². The number of alkyl halides is 3. The highest BCUT2D eigenvalue weighted by Crippen LogP contribution is 2.46. The third-order valence-electron chi connectivity index (χ3n) is 6.44. The van der Waals surface area contributed by atoms with Crippen LogP contribution < -0.4 is 5.32 Å². The van der Waals surface area contributed by atoms with Crippen LogP contribution in [0.2, 0.25) is 0 Å². The lowest BCUT2D eigenvalue weighted by Gasteiger charge is -2.33. The van der Waals surface area contributed by atoms with Crippen LogP contribution in [0.1, 0.15) is 51.8 Å². The lowest BCUT2D eigenvalue weighted by atomic mass is 9.79. The zero-order chi connectivity index (χ0) is 28.5. The molecule has 0 fully saturated rings. The van der Waals surface area contributed by atoms with Gasteiger partial charge in [0.05, 0.1) is 23.2 Å². The number of anilines is 1. The number of fused-ring (bicyclic) bond motifs is 1. The van der Waals surface area contributed by atoms with Gasteiger partial charge < -0.3 is 15.2 Å². The number of aryl methyl sites for hydroxylation is 1. The number of halogens is 4. The Hall–Kier alpha value is -3.09. The Morgan fingerprint density at radius 2 is 2.08 bits per heavy atom. The lowest BCUT2D eigenvalue weighted by Crippen LogP contribution is -2.32. The maximum Gasteiger partial charge on any atom is 0.412 e. The fourth-order valence-corrected chi connectivity index (χ4v) is 6.13. The van der Waals surface area contributed by atoms with E-state index in [2.05, 4.69) is 36.2 Å². The third kappa shape index (κ3) is 5.92. The molecule has 2 N–H and O–H groups in total. The van der Waals surface area contributed by atoms with Crippen LogP contribution in [0, 0.1) is 6.92 Å². The van der Waals surface area contributed by atoms with E-state index in [1.54, 1.807) is 24.4 Å². The summed E-state index contributed by atoms with van der Waals surface area (Å²) in [5, 5.41) is 15.2. The number of allylic oxidation sites excluding steroid dienone is 1. The maximum atomic E-state index is 13.0. The van der Waals surface area contributed by atoms with Gasteiger partial charge in [0.2, 0.25) is 0 Å². The molecule has 0 bridgehead atoms. The average molecular weight is 623 g/mol. The number of rotatable bonds is 5. The summed E-state index contributed by atoms with van der Waals surface area (Å²) in [4.78, 5) is 25.8. The first-order valence-corrected chi connectivity index (χ1v) is 13.6. The molecule has 1 aromatic carbocycles. The van der Waals surface area contributed by atoms with E-state index in [0.717, 1.165) is 24.1 Å². The number of hydrogen-bond acceptors (Lipinski definition) is 7. The predicted molar refractivity (Wildman–Crippen MR) is 148 cm³/mol. The minimum absolute atomic E-state index is 0.0175. The summed E-state index contributed by atoms with van der Waals surface area (Å²) in [6, 6.07) is 6.90. The molecule has 39 heavy (non-hydrogen) atoms. The van der Waals surface area contributed by atoms with Gasteiger partial charge in [0, 0.05) is 23.3 Å². The van der Waals surface area contributed by atoms with Crippen molar-refractivity contribution < 1.29 is 27.8 Å². The second-order valence-electron chi connectivity index (χ2n) is 9.16. The predicted octanol–water partition coefficient (Wildman–Crippen LogP) is 6.58. The number of aliphatic hydroxyl groups is 1. The molecule has 12 heteroatoms. The molecule has 0 aliphatic heterocycles. The number of carbonyl (C=O) groups is 1. The Labute approximate surface area is 236 Å². The normalized spacial score (nSPS) is 18.1. The van der Waals surface area contributed by atoms with Crippen molar-refractivity contribution in [3.8, 4) is 10.6 Å². The van der Waals surface area contributed by atoms with E-state index >= 15 is 0 Å². The van der Waals surface area contributed by atoms with Crippen molar-refractivity contribution in [1.82, 2.24) is 9.97 Å². The number of aromatic nitrogens is 2. The van der Waals surface area contributed by atoms with E-state index in [0.29, 0.717) is 56.3 Å². The smallest absolute Gasteiger partial charge is 0.412 e. The summed E-state index contributed by atoms with van der Waals surface area (Å²) < 4.78 is 44.4. The van der Waals surface area contributed by atoms with Crippen molar-refractivity contribution in [2.24, 2.45) is 4.99 Å². The lowest BCUT2D eigenvalue weighted by molar-refractivity contribution is -0.0912. The summed E-state index contributed by atoms with van der Waals surface area (Å²) in [5.74, 6) is -0.123. The standard InChI is InChI=1S/C27H26BrF3N4O3S/c1-14-10-19(34-22(11-14)35-21(32-3)12-15(2)27(29,30)31)20-13-33-25(39-20)26(37)9-5-6-16-18(26)8-7-17(23(16)28)24(36)38-4/h7-8,10-13,37H,5-6,9H2,1-4H3,(H,32,34,35). The Bertz CT molecular complexity index is 1490. The second-order valence-corrected chi connectivity index (χ2v) is 11.0. The fraction of sp³-hybridized carbons (Fsp3) is 0.333. The number of nitrogens with zero attached hydrogens (tertiary/aromatic N) is 3. The van der Waals surface area contributed by atoms with Gasteiger partial charge in [0.1, 0.15) is 22.3 Å². The number of nitrogens with one attached hydrogen (secondary N) is 1. The van der Waals surface area contributed by atoms with Gasteiger partial charge in [0.25, 0.3) is 0 Å². The first-order chi connectivity index (χ1) is 18.4. The van der Waals surface area contributed by atoms with E-state index in [9.17, 15) is 23.1 Å². The van der Waals surface area contributed by atoms with Crippen molar-refractivity contribution in [1.29, 1.82) is 0 Å². The number of methoxy groups -OCH3 is 1. The Balaban J connectivity index is 1.67. The van der Waals surface area contributed by atoms with Crippen LogP contribution in [0.4, 0.5) is 19.0 Å². The minimum Gasteiger partial charge on any atom is -0.465 e. The maximum absolute atomic E-state index is 13.0. The van der Waals surface area contributed by atoms with Crippen LogP contribution in [-0.2, 0) is 16.8 Å². The SMILES string of the molecule is CN=C(C=C(C)C(F)(F)F)Nc1cc(C)cc(-c2cnc(C3(O)CCCc4c3ccc(C(=O)OC)c4Br)s2)n1. The Kier molecular flexibility index (Phi) is 8.29. The number of thiazole rings is 1. The second kappa shape index (κ2) is 11.2. The topological polar surface area (TPSA) is 96.7 Å². The number of aliphatic imine (C=N–C) groups is 1. The van der Waals surface area contributed by atoms with E-state index in [4.69, 9.17) is 4.74 Å². The molecule has 0 amide bonds. The molecule has 3 aromatic rings. The highest BCUT2D eigenvalue weighted by atomic mass is 79.9. The number of esters is 1. The average Bonchev–Trinajstić information content (AvgIpc) is 3.39. The van der Waals surface area contributed by atoms with Gasteiger partial charge in [-0.15, -0.1) is 11.3 Å². The highest BCUT2D eigenvalue weighted by Gasteiger charge is 2.40. The minimum atomic E-state index is -4.46. The molecule has 1 atom stereocenters. The first kappa shape index (κ1) is 28.9. The molecule has 1 aliphatic rings. The quantitative estimate of drug-likeness (QED) is 0.189. The summed E-state index contributed by atoms with van der Waals surface area (Å²) in [6.45, 7) is 2.82. The van der Waals surface area contributed by atoms with Crippen molar-refractivity contribution in [2.75, 3.05) is 19.5 Å². The van der Waals surface area contributed by atoms with E-state index < -0.39 is 23.3 Å². The molecular formula is C27H26BrF3N4O3S. The van der Waals surface area contributed by atoms with Crippen molar-refractivity contribution >= 4 is 44.9 Å². The molecule has 0 spiro atoms. The molecule has 2 heterocycles. The van der Waals surface area contributed by atoms with E-state index in [-0.39, 0.29) is 5.84 Å². The van der Waals surface area contributed by atoms with Crippen LogP contribution in [0.3, 0.4) is 0 Å². The van der Waals surface area contributed by atoms with Gasteiger partial charge >= 0.3 is 12.1 Å². The summed E-state index contributed by atoms with van der Waals surface area (Å²) in [6.07, 6.45) is -0.100. The molecule has 0 saturated carbocycles. The molecule has 206 valence electrons. The van der Waals surface area contributed by atoms with Crippen molar-refractivity contribution in [3.63, 3.8) is 0 Å². The number of carbonyl (C=O) groups excluding carboxylic acids is 1. The van der Waals surface area contributed by atoms with Gasteiger partial charge in [-0.1, -0.05) is 6.07 Å². The molecule has 1 aliphatic carbocycles. The summed E-state index contributed by atoms with van der Waals surface area (Å²) in [5.41, 5.74) is 1.11. The van der Waals surface area contributed by atoms with E-state index in [1.165, 1.54) is 25.5 Å². The molecular weight excluding hydrogens is 597 g/mol. The number of benzene rings is 1. The summed E-state index contributed by atoms with van der Waals surface area (Å²) in [7, 11) is 2.71. The fourth-order valence-electron chi connectivity index (χ4n) is 4.41. The number of pyridine rings is 1. The van der Waals surface area contributed by atoms with Crippen LogP contribution in [0.5, 0.6) is 0 Å². The Morgan fingerprint density at radius 1 is 1.33 bits per heavy atom. The van der Waals surface area contributed by atoms with Crippen LogP contribution in [-0.4, -0.2) is 47.2 Å². The molecule has 0 radical (unpaired) electrons. The van der Waals surface area contributed by atoms with Crippen LogP contribution in [0.15, 0.2) is 51.6 Å². The van der Waals surface area contributed by atoms with Gasteiger partial charge in [-0.25, -0.2) is 14.8 Å². The monoisotopic (exact) mass is 622 g/mol. The van der Waals surface area contributed by atoms with E-state index in [1.807, 2.05) is 13.0 Å². The van der Waals surface area contributed by atoms with Crippen LogP contribution >= 0.6 is 27.3 Å². The number of hydrogen-bond donors (Lipinski definition) is 2. The molecule has 7 nitrogen and oxygen atoms in total. The highest BCUT2D eigenvalue weighted by molar-refractivity contribution is 9.10. The molecule has 0 saturated heterocycles. The third-order valence-corrected chi connectivity index (χ3v) is 8.52. The Morgan fingerprint density at radius 3 is 2.74 bits per heavy atom. The van der Waals surface area contributed by atoms with Crippen molar-refractivity contribution in [2.45, 2.75) is 44.9 Å². The van der Waals surface area contributed by atoms with Crippen molar-refractivity contribution in [3.05, 3.63) is 73.8 Å². The first-order valence-electron chi connectivity index (χ1n) is 11.9. The van der Waals surface area contributed by atoms with Gasteiger partial charge in [-0.2, -0.15) is 13.2 Å². The zero-order valence-electron chi connectivity index (χ0n) is 21.6. The molecule has 2 aromatic heterocycles.